The first kappa shape index (κ1) is 23.3. The average Bonchev–Trinajstić information content (AvgIpc) is 2.98. The molecular formula is C24H28ClN3O5. The van der Waals surface area contributed by atoms with Gasteiger partial charge in [0.1, 0.15) is 11.3 Å². The van der Waals surface area contributed by atoms with Crippen LogP contribution in [0.25, 0.3) is 0 Å². The van der Waals surface area contributed by atoms with E-state index in [0.717, 1.165) is 12.1 Å². The summed E-state index contributed by atoms with van der Waals surface area (Å²) in [6, 6.07) is 9.07. The van der Waals surface area contributed by atoms with E-state index in [1.807, 2.05) is 24.3 Å². The molecule has 9 heteroatoms. The van der Waals surface area contributed by atoms with Crippen molar-refractivity contribution in [3.63, 3.8) is 0 Å². The van der Waals surface area contributed by atoms with Crippen molar-refractivity contribution in [1.82, 2.24) is 14.4 Å². The molecule has 0 spiro atoms. The monoisotopic (exact) mass is 473 g/mol. The molecule has 1 fully saturated rings. The van der Waals surface area contributed by atoms with E-state index in [9.17, 15) is 14.4 Å². The highest BCUT2D eigenvalue weighted by atomic mass is 35.5. The Morgan fingerprint density at radius 3 is 2.58 bits per heavy atom. The van der Waals surface area contributed by atoms with Crippen LogP contribution < -0.4 is 10.3 Å². The molecule has 4 rings (SSSR count). The number of rotatable bonds is 6. The Morgan fingerprint density at radius 1 is 1.15 bits per heavy atom. The van der Waals surface area contributed by atoms with Crippen molar-refractivity contribution in [1.29, 1.82) is 0 Å². The van der Waals surface area contributed by atoms with E-state index in [4.69, 9.17) is 21.1 Å². The summed E-state index contributed by atoms with van der Waals surface area (Å²) in [6.07, 6.45) is 0.906. The molecule has 0 saturated carbocycles. The maximum absolute atomic E-state index is 12.9. The van der Waals surface area contributed by atoms with Crippen LogP contribution in [0, 0.1) is 5.92 Å². The van der Waals surface area contributed by atoms with E-state index in [-0.39, 0.29) is 29.7 Å². The summed E-state index contributed by atoms with van der Waals surface area (Å²) < 4.78 is 12.6. The van der Waals surface area contributed by atoms with Gasteiger partial charge in [0.05, 0.1) is 13.7 Å². The maximum Gasteiger partial charge on any atom is 0.343 e. The number of pyridine rings is 1. The van der Waals surface area contributed by atoms with Crippen molar-refractivity contribution < 1.29 is 19.1 Å². The smallest absolute Gasteiger partial charge is 0.343 e. The number of carbonyl (C=O) groups is 2. The lowest BCUT2D eigenvalue weighted by atomic mass is 10.1. The van der Waals surface area contributed by atoms with Crippen molar-refractivity contribution in [3.8, 4) is 5.75 Å². The number of benzene rings is 1. The van der Waals surface area contributed by atoms with Crippen LogP contribution in [0.4, 0.5) is 0 Å². The minimum Gasteiger partial charge on any atom is -0.492 e. The first-order valence-corrected chi connectivity index (χ1v) is 11.4. The normalized spacial score (nSPS) is 18.7. The Labute approximate surface area is 197 Å². The molecule has 1 aromatic carbocycles. The molecule has 3 heterocycles. The molecule has 2 aliphatic heterocycles. The molecule has 2 aromatic rings. The van der Waals surface area contributed by atoms with Crippen LogP contribution in [0.1, 0.15) is 28.0 Å². The van der Waals surface area contributed by atoms with Gasteiger partial charge in [-0.3, -0.25) is 14.5 Å². The molecule has 1 saturated heterocycles. The molecule has 1 atom stereocenters. The Bertz CT molecular complexity index is 1100. The van der Waals surface area contributed by atoms with Gasteiger partial charge >= 0.3 is 5.97 Å². The highest BCUT2D eigenvalue weighted by molar-refractivity contribution is 6.30. The first-order chi connectivity index (χ1) is 15.9. The molecule has 0 aliphatic carbocycles. The van der Waals surface area contributed by atoms with Gasteiger partial charge in [0, 0.05) is 75.3 Å². The average molecular weight is 474 g/mol. The molecule has 0 bridgehead atoms. The number of hydrogen-bond acceptors (Lipinski definition) is 6. The van der Waals surface area contributed by atoms with E-state index in [1.54, 1.807) is 16.5 Å². The number of hydrogen-bond donors (Lipinski definition) is 0. The molecule has 2 aliphatic rings. The quantitative estimate of drug-likeness (QED) is 0.598. The highest BCUT2D eigenvalue weighted by Crippen LogP contribution is 2.26. The lowest BCUT2D eigenvalue weighted by molar-refractivity contribution is -0.126. The van der Waals surface area contributed by atoms with Crippen molar-refractivity contribution in [2.45, 2.75) is 25.9 Å². The van der Waals surface area contributed by atoms with Crippen LogP contribution in [0.15, 0.2) is 35.1 Å². The van der Waals surface area contributed by atoms with Gasteiger partial charge in [0.25, 0.3) is 5.56 Å². The summed E-state index contributed by atoms with van der Waals surface area (Å²) in [6.45, 7) is 3.39. The highest BCUT2D eigenvalue weighted by Gasteiger charge is 2.30. The first-order valence-electron chi connectivity index (χ1n) is 11.0. The predicted molar refractivity (Wildman–Crippen MR) is 124 cm³/mol. The SMILES string of the molecule is COC(=O)c1c(OCC2CC(=O)N(C)C2)cc(=O)n2c1CCN(Cc1ccc(Cl)cc1)CC2. The van der Waals surface area contributed by atoms with Crippen LogP contribution in [-0.4, -0.2) is 66.6 Å². The van der Waals surface area contributed by atoms with E-state index in [1.165, 1.54) is 13.2 Å². The minimum atomic E-state index is -0.528. The van der Waals surface area contributed by atoms with Crippen molar-refractivity contribution in [3.05, 3.63) is 62.5 Å². The number of amides is 1. The van der Waals surface area contributed by atoms with Gasteiger partial charge in [-0.15, -0.1) is 0 Å². The van der Waals surface area contributed by atoms with E-state index in [2.05, 4.69) is 4.90 Å². The summed E-state index contributed by atoms with van der Waals surface area (Å²) in [4.78, 5) is 41.4. The second-order valence-corrected chi connectivity index (χ2v) is 9.06. The second-order valence-electron chi connectivity index (χ2n) is 8.62. The molecule has 1 aromatic heterocycles. The minimum absolute atomic E-state index is 0.0180. The van der Waals surface area contributed by atoms with Gasteiger partial charge in [-0.25, -0.2) is 4.79 Å². The number of nitrogens with zero attached hydrogens (tertiary/aromatic N) is 3. The lowest BCUT2D eigenvalue weighted by Crippen LogP contribution is -2.29. The number of fused-ring (bicyclic) bond motifs is 1. The van der Waals surface area contributed by atoms with Gasteiger partial charge < -0.3 is 18.9 Å². The van der Waals surface area contributed by atoms with Gasteiger partial charge in [-0.05, 0) is 17.7 Å². The van der Waals surface area contributed by atoms with Gasteiger partial charge in [0.15, 0.2) is 0 Å². The van der Waals surface area contributed by atoms with E-state index in [0.29, 0.717) is 55.3 Å². The Kier molecular flexibility index (Phi) is 7.05. The van der Waals surface area contributed by atoms with Crippen LogP contribution in [0.3, 0.4) is 0 Å². The summed E-state index contributed by atoms with van der Waals surface area (Å²) in [5.41, 5.74) is 1.84. The third-order valence-corrected chi connectivity index (χ3v) is 6.54. The van der Waals surface area contributed by atoms with Gasteiger partial charge in [-0.2, -0.15) is 0 Å². The van der Waals surface area contributed by atoms with Crippen LogP contribution in [-0.2, 0) is 29.0 Å². The van der Waals surface area contributed by atoms with Crippen molar-refractivity contribution >= 4 is 23.5 Å². The number of carbonyl (C=O) groups excluding carboxylic acids is 2. The molecule has 176 valence electrons. The fraction of sp³-hybridized carbons (Fsp3) is 0.458. The fourth-order valence-corrected chi connectivity index (χ4v) is 4.64. The standard InChI is InChI=1S/C24H28ClN3O5/c1-26-13-17(11-21(26)29)15-33-20-12-22(30)28-10-9-27(14-16-3-5-18(25)6-4-16)8-7-19(28)23(20)24(31)32-2/h3-6,12,17H,7-11,13-15H2,1-2H3. The second kappa shape index (κ2) is 9.97. The number of halogens is 1. The zero-order valence-corrected chi connectivity index (χ0v) is 19.6. The molecule has 1 unspecified atom stereocenters. The fourth-order valence-electron chi connectivity index (χ4n) is 4.51. The van der Waals surface area contributed by atoms with Crippen LogP contribution in [0.2, 0.25) is 5.02 Å². The zero-order chi connectivity index (χ0) is 23.5. The molecule has 1 amide bonds. The molecular weight excluding hydrogens is 446 g/mol. The van der Waals surface area contributed by atoms with Crippen LogP contribution >= 0.6 is 11.6 Å². The largest absolute Gasteiger partial charge is 0.492 e. The number of aromatic nitrogens is 1. The summed E-state index contributed by atoms with van der Waals surface area (Å²) in [5, 5.41) is 0.692. The van der Waals surface area contributed by atoms with Crippen molar-refractivity contribution in [2.75, 3.05) is 40.4 Å². The topological polar surface area (TPSA) is 81.1 Å². The summed E-state index contributed by atoms with van der Waals surface area (Å²) >= 11 is 5.99. The lowest BCUT2D eigenvalue weighted by Gasteiger charge is -2.19. The Hall–Kier alpha value is -2.84. The summed E-state index contributed by atoms with van der Waals surface area (Å²) in [5.74, 6) is -0.213. The number of methoxy groups -OCH3 is 1. The molecule has 33 heavy (non-hydrogen) atoms. The Balaban J connectivity index is 1.56. The van der Waals surface area contributed by atoms with Gasteiger partial charge in [-0.1, -0.05) is 23.7 Å². The predicted octanol–water partition coefficient (Wildman–Crippen LogP) is 2.20. The van der Waals surface area contributed by atoms with Crippen molar-refractivity contribution in [2.24, 2.45) is 5.92 Å². The number of likely N-dealkylation sites (tertiary alicyclic amines) is 1. The maximum atomic E-state index is 12.9. The summed E-state index contributed by atoms with van der Waals surface area (Å²) in [7, 11) is 3.08. The molecule has 0 radical (unpaired) electrons. The zero-order valence-electron chi connectivity index (χ0n) is 18.9. The molecule has 0 N–H and O–H groups in total. The van der Waals surface area contributed by atoms with E-state index < -0.39 is 5.97 Å². The van der Waals surface area contributed by atoms with Crippen LogP contribution in [0.5, 0.6) is 5.75 Å². The van der Waals surface area contributed by atoms with Gasteiger partial charge in [0.2, 0.25) is 5.91 Å². The Morgan fingerprint density at radius 2 is 1.91 bits per heavy atom. The van der Waals surface area contributed by atoms with E-state index >= 15 is 0 Å². The molecule has 8 nitrogen and oxygen atoms in total. The number of ether oxygens (including phenoxy) is 2. The third-order valence-electron chi connectivity index (χ3n) is 6.29. The number of esters is 1. The third kappa shape index (κ3) is 5.23.